The van der Waals surface area contributed by atoms with Crippen molar-refractivity contribution in [2.45, 2.75) is 105 Å². The van der Waals surface area contributed by atoms with E-state index >= 15 is 0 Å². The molecule has 18 heteroatoms. The van der Waals surface area contributed by atoms with Crippen LogP contribution in [0.4, 0.5) is 0 Å². The molecule has 2 rings (SSSR count). The second-order valence-electron chi connectivity index (χ2n) is 9.30. The quantitative estimate of drug-likeness (QED) is 0.0904. The third-order valence-electron chi connectivity index (χ3n) is 6.40. The van der Waals surface area contributed by atoms with Gasteiger partial charge in [0, 0.05) is 0 Å². The largest absolute Gasteiger partial charge is 0.394 e. The fourth-order valence-corrected chi connectivity index (χ4v) is 3.80. The molecule has 0 aromatic heterocycles. The topological polar surface area (TPSA) is 309 Å². The van der Waals surface area contributed by atoms with Gasteiger partial charge in [-0.15, -0.1) is 0 Å². The van der Waals surface area contributed by atoms with E-state index in [-0.39, 0.29) is 6.42 Å². The number of nitrogens with one attached hydrogen (secondary N) is 1. The third kappa shape index (κ3) is 8.42. The van der Waals surface area contributed by atoms with Crippen molar-refractivity contribution in [1.29, 1.82) is 0 Å². The molecular weight excluding hydrogens is 538 g/mol. The summed E-state index contributed by atoms with van der Waals surface area (Å²) in [6, 6.07) is 0. The van der Waals surface area contributed by atoms with Crippen LogP contribution in [0.15, 0.2) is 0 Å². The normalized spacial score (nSPS) is 39.4. The number of carbonyl (C=O) groups excluding carboxylic acids is 1. The van der Waals surface area contributed by atoms with Crippen molar-refractivity contribution < 1.29 is 85.0 Å². The summed E-state index contributed by atoms with van der Waals surface area (Å²) in [5.74, 6) is -1.23. The molecule has 0 bridgehead atoms. The minimum atomic E-state index is -2.24. The molecule has 1 amide bonds. The molecule has 2 fully saturated rings. The number of aliphatic hydroxyl groups excluding tert-OH is 12. The molecule has 0 aromatic carbocycles. The van der Waals surface area contributed by atoms with E-state index in [0.717, 1.165) is 0 Å². The van der Waals surface area contributed by atoms with Crippen molar-refractivity contribution >= 4 is 5.91 Å². The molecule has 0 aromatic rings. The molecule has 13 N–H and O–H groups in total. The van der Waals surface area contributed by atoms with Gasteiger partial charge in [-0.05, 0) is 6.42 Å². The monoisotopic (exact) mass is 577 g/mol. The smallest absolute Gasteiger partial charge is 0.253 e. The predicted molar refractivity (Wildman–Crippen MR) is 121 cm³/mol. The number of carbonyl (C=O) groups is 1. The van der Waals surface area contributed by atoms with Crippen LogP contribution in [0.1, 0.15) is 13.3 Å². The van der Waals surface area contributed by atoms with E-state index in [9.17, 15) is 66.1 Å². The standard InChI is InChI=1S/C21H39NO17/c1-2-9(25)22-19(35)16(32)13(29)10(26)6(24)4-36-20-18(34)15(31)12(28)8(39-20)5-37-21-17(33)14(30)11(27)7(3-23)38-21/h6-18,20-21,23-34H,2-5H2,1H3,(H,22,35)/t6-,7-,8-,9?,10-,11-,12-,13+,14+,15+,16-,17-,18-,20+,21+/m1/s1. The molecule has 15 atom stereocenters. The maximum absolute atomic E-state index is 11.8. The highest BCUT2D eigenvalue weighted by atomic mass is 16.7. The van der Waals surface area contributed by atoms with Crippen molar-refractivity contribution in [3.05, 3.63) is 0 Å². The maximum Gasteiger partial charge on any atom is 0.253 e. The first-order valence-electron chi connectivity index (χ1n) is 12.2. The van der Waals surface area contributed by atoms with Crippen LogP contribution in [0.25, 0.3) is 0 Å². The van der Waals surface area contributed by atoms with Gasteiger partial charge in [-0.3, -0.25) is 4.79 Å². The van der Waals surface area contributed by atoms with E-state index in [1.54, 1.807) is 0 Å². The number of hydrogen-bond donors (Lipinski definition) is 13. The van der Waals surface area contributed by atoms with E-state index in [2.05, 4.69) is 0 Å². The minimum Gasteiger partial charge on any atom is -0.394 e. The fraction of sp³-hybridized carbons (Fsp3) is 0.952. The van der Waals surface area contributed by atoms with Crippen LogP contribution in [-0.2, 0) is 23.7 Å². The average Bonchev–Trinajstić information content (AvgIpc) is 2.92. The summed E-state index contributed by atoms with van der Waals surface area (Å²) < 4.78 is 20.9. The maximum atomic E-state index is 11.8. The number of hydrogen-bond acceptors (Lipinski definition) is 17. The Balaban J connectivity index is 1.94. The Morgan fingerprint density at radius 3 is 1.82 bits per heavy atom. The summed E-state index contributed by atoms with van der Waals surface area (Å²) in [6.45, 7) is -0.718. The van der Waals surface area contributed by atoms with Gasteiger partial charge in [0.15, 0.2) is 18.7 Å². The number of rotatable bonds is 13. The minimum absolute atomic E-state index is 0.0897. The first kappa shape index (κ1) is 34.0. The second kappa shape index (κ2) is 15.2. The molecule has 2 aliphatic rings. The molecule has 1 unspecified atom stereocenters. The average molecular weight is 578 g/mol. The van der Waals surface area contributed by atoms with Crippen molar-refractivity contribution in [3.8, 4) is 0 Å². The lowest BCUT2D eigenvalue weighted by Gasteiger charge is -2.42. The first-order chi connectivity index (χ1) is 18.2. The Morgan fingerprint density at radius 1 is 0.769 bits per heavy atom. The molecule has 0 radical (unpaired) electrons. The van der Waals surface area contributed by atoms with Gasteiger partial charge in [0.1, 0.15) is 73.4 Å². The molecule has 2 heterocycles. The molecular formula is C21H39NO17. The second-order valence-corrected chi connectivity index (χ2v) is 9.30. The molecule has 0 spiro atoms. The van der Waals surface area contributed by atoms with E-state index < -0.39 is 118 Å². The van der Waals surface area contributed by atoms with Gasteiger partial charge < -0.3 is 85.5 Å². The highest BCUT2D eigenvalue weighted by Gasteiger charge is 2.48. The van der Waals surface area contributed by atoms with E-state index in [1.807, 2.05) is 5.32 Å². The number of aliphatic hydroxyl groups is 12. The zero-order chi connectivity index (χ0) is 29.6. The summed E-state index contributed by atoms with van der Waals surface area (Å²) in [5, 5.41) is 121. The molecule has 0 aliphatic carbocycles. The summed E-state index contributed by atoms with van der Waals surface area (Å²) in [5.41, 5.74) is 0. The number of ether oxygens (including phenoxy) is 4. The Morgan fingerprint density at radius 2 is 1.28 bits per heavy atom. The van der Waals surface area contributed by atoms with Gasteiger partial charge >= 0.3 is 0 Å². The van der Waals surface area contributed by atoms with Gasteiger partial charge in [0.2, 0.25) is 0 Å². The van der Waals surface area contributed by atoms with Crippen LogP contribution in [-0.4, -0.2) is 179 Å². The van der Waals surface area contributed by atoms with Crippen LogP contribution in [0.5, 0.6) is 0 Å². The van der Waals surface area contributed by atoms with Crippen LogP contribution < -0.4 is 5.32 Å². The molecule has 2 saturated heterocycles. The summed E-state index contributed by atoms with van der Waals surface area (Å²) in [4.78, 5) is 11.8. The van der Waals surface area contributed by atoms with Crippen LogP contribution in [0, 0.1) is 0 Å². The van der Waals surface area contributed by atoms with Crippen LogP contribution in [0.2, 0.25) is 0 Å². The summed E-state index contributed by atoms with van der Waals surface area (Å²) >= 11 is 0. The van der Waals surface area contributed by atoms with Crippen molar-refractivity contribution in [2.75, 3.05) is 19.8 Å². The number of amides is 1. The van der Waals surface area contributed by atoms with E-state index in [4.69, 9.17) is 18.9 Å². The van der Waals surface area contributed by atoms with Crippen LogP contribution in [0.3, 0.4) is 0 Å². The van der Waals surface area contributed by atoms with Gasteiger partial charge in [0.05, 0.1) is 19.8 Å². The highest BCUT2D eigenvalue weighted by Crippen LogP contribution is 2.26. The fourth-order valence-electron chi connectivity index (χ4n) is 3.80. The Kier molecular flexibility index (Phi) is 13.2. The van der Waals surface area contributed by atoms with Gasteiger partial charge in [-0.2, -0.15) is 0 Å². The molecule has 230 valence electrons. The van der Waals surface area contributed by atoms with Gasteiger partial charge in [0.25, 0.3) is 5.91 Å². The zero-order valence-corrected chi connectivity index (χ0v) is 20.9. The lowest BCUT2D eigenvalue weighted by atomic mass is 9.98. The molecule has 0 saturated carbocycles. The Bertz CT molecular complexity index is 747. The Labute approximate surface area is 222 Å². The summed E-state index contributed by atoms with van der Waals surface area (Å²) in [7, 11) is 0. The molecule has 39 heavy (non-hydrogen) atoms. The first-order valence-corrected chi connectivity index (χ1v) is 12.2. The summed E-state index contributed by atoms with van der Waals surface area (Å²) in [6.07, 6.45) is -26.6. The zero-order valence-electron chi connectivity index (χ0n) is 20.9. The van der Waals surface area contributed by atoms with Crippen LogP contribution >= 0.6 is 0 Å². The Hall–Kier alpha value is -1.17. The molecule has 2 aliphatic heterocycles. The van der Waals surface area contributed by atoms with Crippen molar-refractivity contribution in [2.24, 2.45) is 0 Å². The molecule has 18 nitrogen and oxygen atoms in total. The lowest BCUT2D eigenvalue weighted by molar-refractivity contribution is -0.333. The van der Waals surface area contributed by atoms with Crippen molar-refractivity contribution in [3.63, 3.8) is 0 Å². The lowest BCUT2D eigenvalue weighted by Crippen LogP contribution is -2.62. The highest BCUT2D eigenvalue weighted by molar-refractivity contribution is 5.81. The van der Waals surface area contributed by atoms with Crippen molar-refractivity contribution in [1.82, 2.24) is 5.32 Å². The van der Waals surface area contributed by atoms with Gasteiger partial charge in [-0.25, -0.2) is 0 Å². The SMILES string of the molecule is CCC(O)NC(=O)[C@H](O)[C@@H](O)[C@H](O)[C@H](O)CO[C@H]1O[C@H](CO[C@H]2O[C@H](CO)[C@@H](O)[C@H](O)[C@H]2O)[C@@H](O)[C@H](O)[C@H]1O. The van der Waals surface area contributed by atoms with E-state index in [0.29, 0.717) is 0 Å². The third-order valence-corrected chi connectivity index (χ3v) is 6.40. The van der Waals surface area contributed by atoms with Gasteiger partial charge in [-0.1, -0.05) is 6.92 Å². The van der Waals surface area contributed by atoms with E-state index in [1.165, 1.54) is 6.92 Å². The predicted octanol–water partition coefficient (Wildman–Crippen LogP) is -8.08.